The van der Waals surface area contributed by atoms with Crippen LogP contribution in [0.4, 0.5) is 5.13 Å². The Morgan fingerprint density at radius 3 is 2.67 bits per heavy atom. The van der Waals surface area contributed by atoms with Crippen molar-refractivity contribution in [2.24, 2.45) is 7.05 Å². The zero-order valence-corrected chi connectivity index (χ0v) is 15.0. The Kier molecular flexibility index (Phi) is 4.92. The maximum Gasteiger partial charge on any atom is 0.278 e. The van der Waals surface area contributed by atoms with Crippen molar-refractivity contribution in [3.63, 3.8) is 0 Å². The number of carbonyl (C=O) groups is 1. The highest BCUT2D eigenvalue weighted by molar-refractivity contribution is 7.22. The van der Waals surface area contributed by atoms with Crippen LogP contribution in [0.1, 0.15) is 16.9 Å². The number of para-hydroxylation sites is 1. The molecule has 0 bridgehead atoms. The summed E-state index contributed by atoms with van der Waals surface area (Å²) in [4.78, 5) is 21.5. The number of hydrogen-bond donors (Lipinski definition) is 0. The number of hydrogen-bond acceptors (Lipinski definition) is 5. The highest BCUT2D eigenvalue weighted by atomic mass is 32.1. The van der Waals surface area contributed by atoms with E-state index in [1.807, 2.05) is 38.4 Å². The molecule has 0 N–H and O–H groups in total. The first-order valence-corrected chi connectivity index (χ1v) is 8.68. The van der Waals surface area contributed by atoms with Crippen molar-refractivity contribution in [1.29, 1.82) is 0 Å². The molecule has 7 heteroatoms. The number of carbonyl (C=O) groups excluding carboxylic acids is 1. The van der Waals surface area contributed by atoms with Gasteiger partial charge in [0.2, 0.25) is 0 Å². The first kappa shape index (κ1) is 16.6. The van der Waals surface area contributed by atoms with Crippen LogP contribution in [0.2, 0.25) is 0 Å². The van der Waals surface area contributed by atoms with Crippen molar-refractivity contribution in [3.05, 3.63) is 42.2 Å². The molecule has 3 rings (SSSR count). The minimum atomic E-state index is -0.0622. The SMILES string of the molecule is CN(C)CCCN(C(=O)c1ccnn1C)c1nc2ccccc2s1. The highest BCUT2D eigenvalue weighted by Crippen LogP contribution is 2.29. The van der Waals surface area contributed by atoms with Gasteiger partial charge in [-0.1, -0.05) is 23.5 Å². The van der Waals surface area contributed by atoms with E-state index in [9.17, 15) is 4.79 Å². The highest BCUT2D eigenvalue weighted by Gasteiger charge is 2.23. The summed E-state index contributed by atoms with van der Waals surface area (Å²) in [7, 11) is 5.85. The average Bonchev–Trinajstić information content (AvgIpc) is 3.16. The first-order chi connectivity index (χ1) is 11.6. The quantitative estimate of drug-likeness (QED) is 0.690. The minimum absolute atomic E-state index is 0.0622. The summed E-state index contributed by atoms with van der Waals surface area (Å²) in [6, 6.07) is 9.70. The van der Waals surface area contributed by atoms with Crippen molar-refractivity contribution < 1.29 is 4.79 Å². The smallest absolute Gasteiger partial charge is 0.278 e. The summed E-state index contributed by atoms with van der Waals surface area (Å²) >= 11 is 1.55. The topological polar surface area (TPSA) is 54.3 Å². The average molecular weight is 343 g/mol. The van der Waals surface area contributed by atoms with Gasteiger partial charge in [-0.3, -0.25) is 14.4 Å². The zero-order valence-electron chi connectivity index (χ0n) is 14.1. The molecule has 1 amide bonds. The van der Waals surface area contributed by atoms with Crippen LogP contribution in [0.3, 0.4) is 0 Å². The van der Waals surface area contributed by atoms with Gasteiger partial charge in [-0.15, -0.1) is 0 Å². The number of anilines is 1. The number of nitrogens with zero attached hydrogens (tertiary/aromatic N) is 5. The van der Waals surface area contributed by atoms with E-state index < -0.39 is 0 Å². The first-order valence-electron chi connectivity index (χ1n) is 7.86. The minimum Gasteiger partial charge on any atom is -0.309 e. The molecule has 0 unspecified atom stereocenters. The van der Waals surface area contributed by atoms with Gasteiger partial charge in [0, 0.05) is 19.8 Å². The Morgan fingerprint density at radius 2 is 2.00 bits per heavy atom. The van der Waals surface area contributed by atoms with Crippen LogP contribution in [0.5, 0.6) is 0 Å². The lowest BCUT2D eigenvalue weighted by Crippen LogP contribution is -2.34. The van der Waals surface area contributed by atoms with Gasteiger partial charge in [-0.2, -0.15) is 5.10 Å². The van der Waals surface area contributed by atoms with Crippen LogP contribution < -0.4 is 4.90 Å². The molecule has 0 spiro atoms. The summed E-state index contributed by atoms with van der Waals surface area (Å²) in [6.45, 7) is 1.54. The van der Waals surface area contributed by atoms with E-state index in [0.717, 1.165) is 28.3 Å². The van der Waals surface area contributed by atoms with Crippen LogP contribution in [-0.4, -0.2) is 52.8 Å². The molecule has 0 saturated heterocycles. The summed E-state index contributed by atoms with van der Waals surface area (Å²) in [5.41, 5.74) is 1.49. The number of aryl methyl sites for hydroxylation is 1. The Hall–Kier alpha value is -2.25. The molecule has 1 aromatic carbocycles. The molecule has 2 heterocycles. The van der Waals surface area contributed by atoms with Crippen molar-refractivity contribution in [2.75, 3.05) is 32.1 Å². The third-order valence-electron chi connectivity index (χ3n) is 3.79. The molecule has 24 heavy (non-hydrogen) atoms. The van der Waals surface area contributed by atoms with Crippen LogP contribution >= 0.6 is 11.3 Å². The van der Waals surface area contributed by atoms with Gasteiger partial charge in [0.1, 0.15) is 5.69 Å². The van der Waals surface area contributed by atoms with Gasteiger partial charge in [-0.05, 0) is 45.3 Å². The van der Waals surface area contributed by atoms with Crippen molar-refractivity contribution in [2.45, 2.75) is 6.42 Å². The van der Waals surface area contributed by atoms with E-state index in [0.29, 0.717) is 12.2 Å². The predicted molar refractivity (Wildman–Crippen MR) is 97.7 cm³/mol. The van der Waals surface area contributed by atoms with Crippen LogP contribution in [0, 0.1) is 0 Å². The van der Waals surface area contributed by atoms with E-state index in [-0.39, 0.29) is 5.91 Å². The van der Waals surface area contributed by atoms with Crippen LogP contribution in [-0.2, 0) is 7.05 Å². The number of rotatable bonds is 6. The number of thiazole rings is 1. The largest absolute Gasteiger partial charge is 0.309 e. The molecule has 0 aliphatic carbocycles. The maximum absolute atomic E-state index is 13.0. The second-order valence-corrected chi connectivity index (χ2v) is 6.93. The molecule has 0 radical (unpaired) electrons. The number of benzene rings is 1. The monoisotopic (exact) mass is 343 g/mol. The maximum atomic E-state index is 13.0. The van der Waals surface area contributed by atoms with Gasteiger partial charge >= 0.3 is 0 Å². The Balaban J connectivity index is 1.91. The van der Waals surface area contributed by atoms with Crippen molar-refractivity contribution >= 4 is 32.6 Å². The normalized spacial score (nSPS) is 11.3. The third-order valence-corrected chi connectivity index (χ3v) is 4.85. The lowest BCUT2D eigenvalue weighted by atomic mass is 10.3. The van der Waals surface area contributed by atoms with Crippen LogP contribution in [0.25, 0.3) is 10.2 Å². The Bertz CT molecular complexity index is 805. The van der Waals surface area contributed by atoms with Gasteiger partial charge in [-0.25, -0.2) is 4.98 Å². The lowest BCUT2D eigenvalue weighted by Gasteiger charge is -2.20. The fraction of sp³-hybridized carbons (Fsp3) is 0.353. The molecular formula is C17H21N5OS. The summed E-state index contributed by atoms with van der Waals surface area (Å²) in [6.07, 6.45) is 2.52. The number of amides is 1. The number of aromatic nitrogens is 3. The molecule has 0 aliphatic heterocycles. The molecular weight excluding hydrogens is 322 g/mol. The fourth-order valence-corrected chi connectivity index (χ4v) is 3.52. The molecule has 2 aromatic heterocycles. The second-order valence-electron chi connectivity index (χ2n) is 5.92. The van der Waals surface area contributed by atoms with Crippen LogP contribution in [0.15, 0.2) is 36.5 Å². The molecule has 0 aliphatic rings. The lowest BCUT2D eigenvalue weighted by molar-refractivity contribution is 0.0977. The van der Waals surface area contributed by atoms with E-state index in [2.05, 4.69) is 15.0 Å². The number of fused-ring (bicyclic) bond motifs is 1. The van der Waals surface area contributed by atoms with Gasteiger partial charge in [0.05, 0.1) is 10.2 Å². The molecule has 126 valence electrons. The van der Waals surface area contributed by atoms with E-state index in [4.69, 9.17) is 0 Å². The summed E-state index contributed by atoms with van der Waals surface area (Å²) < 4.78 is 2.69. The Labute approximate surface area is 145 Å². The summed E-state index contributed by atoms with van der Waals surface area (Å²) in [5, 5.41) is 4.85. The van der Waals surface area contributed by atoms with Gasteiger partial charge in [0.25, 0.3) is 5.91 Å². The summed E-state index contributed by atoms with van der Waals surface area (Å²) in [5.74, 6) is -0.0622. The predicted octanol–water partition coefficient (Wildman–Crippen LogP) is 2.63. The second kappa shape index (κ2) is 7.11. The molecule has 0 fully saturated rings. The third kappa shape index (κ3) is 3.47. The molecule has 3 aromatic rings. The molecule has 0 saturated carbocycles. The van der Waals surface area contributed by atoms with E-state index in [1.54, 1.807) is 40.2 Å². The standard InChI is InChI=1S/C17H21N5OS/c1-20(2)11-6-12-22(16(23)14-9-10-18-21(14)3)17-19-13-7-4-5-8-15(13)24-17/h4-5,7-10H,6,11-12H2,1-3H3. The van der Waals surface area contributed by atoms with Crippen molar-refractivity contribution in [1.82, 2.24) is 19.7 Å². The van der Waals surface area contributed by atoms with Gasteiger partial charge in [0.15, 0.2) is 5.13 Å². The van der Waals surface area contributed by atoms with Crippen molar-refractivity contribution in [3.8, 4) is 0 Å². The molecule has 6 nitrogen and oxygen atoms in total. The zero-order chi connectivity index (χ0) is 17.1. The van der Waals surface area contributed by atoms with Gasteiger partial charge < -0.3 is 4.90 Å². The fourth-order valence-electron chi connectivity index (χ4n) is 2.53. The van der Waals surface area contributed by atoms with E-state index >= 15 is 0 Å². The Morgan fingerprint density at radius 1 is 1.21 bits per heavy atom. The van der Waals surface area contributed by atoms with E-state index in [1.165, 1.54) is 0 Å². The molecule has 0 atom stereocenters.